The van der Waals surface area contributed by atoms with Crippen LogP contribution in [0.2, 0.25) is 0 Å². The molecule has 1 unspecified atom stereocenters. The van der Waals surface area contributed by atoms with E-state index in [1.165, 1.54) is 0 Å². The Labute approximate surface area is 114 Å². The number of rotatable bonds is 8. The fourth-order valence-corrected chi connectivity index (χ4v) is 1.66. The molecule has 0 amide bonds. The van der Waals surface area contributed by atoms with E-state index in [-0.39, 0.29) is 12.4 Å². The summed E-state index contributed by atoms with van der Waals surface area (Å²) in [5.74, 6) is 0.774. The molecular weight excluding hydrogens is 242 g/mol. The number of nitrogens with one attached hydrogen (secondary N) is 1. The molecular formula is C15H23NO3. The molecule has 0 spiro atoms. The summed E-state index contributed by atoms with van der Waals surface area (Å²) in [6.45, 7) is 8.36. The molecule has 1 atom stereocenters. The van der Waals surface area contributed by atoms with E-state index in [4.69, 9.17) is 4.74 Å². The molecule has 19 heavy (non-hydrogen) atoms. The molecule has 4 nitrogen and oxygen atoms in total. The van der Waals surface area contributed by atoms with E-state index < -0.39 is 6.10 Å². The Hall–Kier alpha value is -1.52. The highest BCUT2D eigenvalue weighted by Crippen LogP contribution is 2.28. The van der Waals surface area contributed by atoms with Gasteiger partial charge in [-0.15, -0.1) is 6.58 Å². The van der Waals surface area contributed by atoms with Crippen molar-refractivity contribution in [1.29, 1.82) is 0 Å². The second kappa shape index (κ2) is 7.81. The largest absolute Gasteiger partial charge is 0.508 e. The molecule has 3 N–H and O–H groups in total. The van der Waals surface area contributed by atoms with E-state index in [1.54, 1.807) is 24.3 Å². The van der Waals surface area contributed by atoms with Crippen LogP contribution in [0.25, 0.3) is 0 Å². The predicted molar refractivity (Wildman–Crippen MR) is 76.6 cm³/mol. The van der Waals surface area contributed by atoms with E-state index in [1.807, 2.05) is 13.8 Å². The van der Waals surface area contributed by atoms with Crippen LogP contribution in [0.15, 0.2) is 30.9 Å². The molecule has 0 aliphatic rings. The van der Waals surface area contributed by atoms with E-state index in [0.29, 0.717) is 30.3 Å². The fraction of sp³-hybridized carbons (Fsp3) is 0.467. The van der Waals surface area contributed by atoms with E-state index >= 15 is 0 Å². The summed E-state index contributed by atoms with van der Waals surface area (Å²) >= 11 is 0. The lowest BCUT2D eigenvalue weighted by atomic mass is 10.1. The smallest absolute Gasteiger partial charge is 0.126 e. The number of hydrogen-bond donors (Lipinski definition) is 3. The third kappa shape index (κ3) is 5.32. The summed E-state index contributed by atoms with van der Waals surface area (Å²) < 4.78 is 5.57. The minimum Gasteiger partial charge on any atom is -0.508 e. The predicted octanol–water partition coefficient (Wildman–Crippen LogP) is 1.86. The lowest BCUT2D eigenvalue weighted by Crippen LogP contribution is -2.35. The van der Waals surface area contributed by atoms with Crippen molar-refractivity contribution in [2.75, 3.05) is 13.2 Å². The molecule has 0 aliphatic heterocycles. The third-order valence-corrected chi connectivity index (χ3v) is 2.65. The Bertz CT molecular complexity index is 404. The van der Waals surface area contributed by atoms with Crippen molar-refractivity contribution in [3.05, 3.63) is 36.4 Å². The Balaban J connectivity index is 2.57. The number of phenolic OH excluding ortho intramolecular Hbond substituents is 1. The van der Waals surface area contributed by atoms with Crippen LogP contribution in [0.1, 0.15) is 19.4 Å². The number of aromatic hydroxyl groups is 1. The van der Waals surface area contributed by atoms with E-state index in [0.717, 1.165) is 0 Å². The summed E-state index contributed by atoms with van der Waals surface area (Å²) in [6.07, 6.45) is 1.66. The molecule has 1 aromatic carbocycles. The Morgan fingerprint density at radius 3 is 2.79 bits per heavy atom. The zero-order chi connectivity index (χ0) is 14.3. The first-order chi connectivity index (χ1) is 9.04. The first-order valence-corrected chi connectivity index (χ1v) is 6.50. The maximum Gasteiger partial charge on any atom is 0.126 e. The molecule has 0 radical (unpaired) electrons. The van der Waals surface area contributed by atoms with E-state index in [2.05, 4.69) is 11.9 Å². The average Bonchev–Trinajstić information content (AvgIpc) is 2.37. The number of allylic oxidation sites excluding steroid dienone is 1. The van der Waals surface area contributed by atoms with Crippen molar-refractivity contribution in [3.63, 3.8) is 0 Å². The normalized spacial score (nSPS) is 12.4. The van der Waals surface area contributed by atoms with Crippen molar-refractivity contribution >= 4 is 0 Å². The first-order valence-electron chi connectivity index (χ1n) is 6.50. The molecule has 0 heterocycles. The number of aliphatic hydroxyl groups is 1. The van der Waals surface area contributed by atoms with Crippen LogP contribution in [-0.2, 0) is 6.42 Å². The minimum atomic E-state index is -0.582. The maximum atomic E-state index is 9.78. The SMILES string of the molecule is C=CCc1c(O)cccc1OCC(O)CNC(C)C. The summed E-state index contributed by atoms with van der Waals surface area (Å²) in [4.78, 5) is 0. The van der Waals surface area contributed by atoms with Gasteiger partial charge in [0.2, 0.25) is 0 Å². The second-order valence-corrected chi connectivity index (χ2v) is 4.77. The minimum absolute atomic E-state index is 0.187. The number of phenols is 1. The molecule has 0 saturated heterocycles. The van der Waals surface area contributed by atoms with Gasteiger partial charge < -0.3 is 20.3 Å². The summed E-state index contributed by atoms with van der Waals surface area (Å²) in [7, 11) is 0. The highest BCUT2D eigenvalue weighted by molar-refractivity contribution is 5.44. The van der Waals surface area contributed by atoms with Gasteiger partial charge >= 0.3 is 0 Å². The van der Waals surface area contributed by atoms with Gasteiger partial charge in [0.25, 0.3) is 0 Å². The van der Waals surface area contributed by atoms with Crippen molar-refractivity contribution in [3.8, 4) is 11.5 Å². The standard InChI is InChI=1S/C15H23NO3/c1-4-6-13-14(18)7-5-8-15(13)19-10-12(17)9-16-11(2)3/h4-5,7-8,11-12,16-18H,1,6,9-10H2,2-3H3. The lowest BCUT2D eigenvalue weighted by molar-refractivity contribution is 0.104. The molecule has 0 saturated carbocycles. The van der Waals surface area contributed by atoms with E-state index in [9.17, 15) is 10.2 Å². The van der Waals surface area contributed by atoms with Gasteiger partial charge in [0.1, 0.15) is 24.2 Å². The quantitative estimate of drug-likeness (QED) is 0.628. The average molecular weight is 265 g/mol. The zero-order valence-electron chi connectivity index (χ0n) is 11.6. The zero-order valence-corrected chi connectivity index (χ0v) is 11.6. The highest BCUT2D eigenvalue weighted by Gasteiger charge is 2.10. The van der Waals surface area contributed by atoms with Crippen LogP contribution in [-0.4, -0.2) is 35.5 Å². The molecule has 4 heteroatoms. The maximum absolute atomic E-state index is 9.78. The molecule has 0 aromatic heterocycles. The van der Waals surface area contributed by atoms with Gasteiger partial charge in [-0.2, -0.15) is 0 Å². The van der Waals surface area contributed by atoms with Gasteiger partial charge in [-0.1, -0.05) is 26.0 Å². The van der Waals surface area contributed by atoms with Gasteiger partial charge in [0.15, 0.2) is 0 Å². The highest BCUT2D eigenvalue weighted by atomic mass is 16.5. The lowest BCUT2D eigenvalue weighted by Gasteiger charge is -2.16. The van der Waals surface area contributed by atoms with Crippen LogP contribution in [0.5, 0.6) is 11.5 Å². The summed E-state index contributed by atoms with van der Waals surface area (Å²) in [5, 5.41) is 22.7. The fourth-order valence-electron chi connectivity index (χ4n) is 1.66. The van der Waals surface area contributed by atoms with Gasteiger partial charge in [0, 0.05) is 18.2 Å². The molecule has 1 rings (SSSR count). The van der Waals surface area contributed by atoms with Gasteiger partial charge in [-0.05, 0) is 18.6 Å². The number of aliphatic hydroxyl groups excluding tert-OH is 1. The summed E-state index contributed by atoms with van der Waals surface area (Å²) in [6, 6.07) is 5.44. The molecule has 106 valence electrons. The van der Waals surface area contributed by atoms with Gasteiger partial charge in [0.05, 0.1) is 0 Å². The van der Waals surface area contributed by atoms with Crippen molar-refractivity contribution in [1.82, 2.24) is 5.32 Å². The van der Waals surface area contributed by atoms with Crippen LogP contribution < -0.4 is 10.1 Å². The Morgan fingerprint density at radius 1 is 1.42 bits per heavy atom. The van der Waals surface area contributed by atoms with Gasteiger partial charge in [-0.25, -0.2) is 0 Å². The summed E-state index contributed by atoms with van der Waals surface area (Å²) in [5.41, 5.74) is 0.696. The number of ether oxygens (including phenoxy) is 1. The van der Waals surface area contributed by atoms with Crippen LogP contribution in [0.3, 0.4) is 0 Å². The molecule has 0 aliphatic carbocycles. The molecule has 0 bridgehead atoms. The molecule has 1 aromatic rings. The Kier molecular flexibility index (Phi) is 6.39. The van der Waals surface area contributed by atoms with Crippen molar-refractivity contribution in [2.45, 2.75) is 32.4 Å². The van der Waals surface area contributed by atoms with Crippen LogP contribution >= 0.6 is 0 Å². The Morgan fingerprint density at radius 2 is 2.16 bits per heavy atom. The van der Waals surface area contributed by atoms with Crippen LogP contribution in [0, 0.1) is 0 Å². The third-order valence-electron chi connectivity index (χ3n) is 2.65. The van der Waals surface area contributed by atoms with Crippen molar-refractivity contribution < 1.29 is 14.9 Å². The monoisotopic (exact) mass is 265 g/mol. The first kappa shape index (κ1) is 15.5. The number of benzene rings is 1. The molecule has 0 fully saturated rings. The van der Waals surface area contributed by atoms with Crippen molar-refractivity contribution in [2.24, 2.45) is 0 Å². The second-order valence-electron chi connectivity index (χ2n) is 4.77. The van der Waals surface area contributed by atoms with Crippen LogP contribution in [0.4, 0.5) is 0 Å². The topological polar surface area (TPSA) is 61.7 Å². The van der Waals surface area contributed by atoms with Gasteiger partial charge in [-0.3, -0.25) is 0 Å². The number of hydrogen-bond acceptors (Lipinski definition) is 4.